The van der Waals surface area contributed by atoms with Crippen LogP contribution in [0.1, 0.15) is 25.3 Å². The molecule has 0 aromatic heterocycles. The van der Waals surface area contributed by atoms with Crippen LogP contribution in [0.5, 0.6) is 5.75 Å². The number of carbonyl (C=O) groups excluding carboxylic acids is 1. The molecule has 1 aliphatic carbocycles. The highest BCUT2D eigenvalue weighted by atomic mass is 16.5. The first-order valence-electron chi connectivity index (χ1n) is 6.92. The molecule has 20 heavy (non-hydrogen) atoms. The van der Waals surface area contributed by atoms with Gasteiger partial charge in [-0.15, -0.1) is 0 Å². The molecule has 0 saturated heterocycles. The molecule has 3 heteroatoms. The first-order chi connectivity index (χ1) is 9.72. The van der Waals surface area contributed by atoms with Gasteiger partial charge in [0.15, 0.2) is 0 Å². The largest absolute Gasteiger partial charge is 0.496 e. The van der Waals surface area contributed by atoms with Gasteiger partial charge < -0.3 is 10.1 Å². The Morgan fingerprint density at radius 3 is 2.75 bits per heavy atom. The Bertz CT molecular complexity index is 528. The summed E-state index contributed by atoms with van der Waals surface area (Å²) in [6, 6.07) is 8.05. The van der Waals surface area contributed by atoms with Crippen LogP contribution < -0.4 is 10.1 Å². The first kappa shape index (κ1) is 14.4. The second-order valence-electron chi connectivity index (χ2n) is 5.08. The lowest BCUT2D eigenvalue weighted by Crippen LogP contribution is -2.31. The molecule has 3 nitrogen and oxygen atoms in total. The quantitative estimate of drug-likeness (QED) is 0.638. The third-order valence-electron chi connectivity index (χ3n) is 3.68. The van der Waals surface area contributed by atoms with Crippen LogP contribution in [0.15, 0.2) is 48.6 Å². The highest BCUT2D eigenvalue weighted by molar-refractivity contribution is 5.87. The zero-order valence-electron chi connectivity index (χ0n) is 12.1. The zero-order chi connectivity index (χ0) is 14.4. The number of allylic oxidation sites excluding steroid dienone is 3. The van der Waals surface area contributed by atoms with Gasteiger partial charge in [-0.3, -0.25) is 4.79 Å². The van der Waals surface area contributed by atoms with E-state index in [1.54, 1.807) is 19.3 Å². The van der Waals surface area contributed by atoms with Crippen LogP contribution >= 0.6 is 0 Å². The molecule has 0 spiro atoms. The molecule has 0 unspecified atom stereocenters. The normalized spacial score (nSPS) is 16.5. The standard InChI is InChI=1S/C17H21NO2/c1-3-4-5-10-16(19)18-13-17(11-12-17)14-8-6-7-9-15(14)20-2/h3-10H,11-13H2,1-2H3,(H,18,19)/b4-3+,10-5+. The summed E-state index contributed by atoms with van der Waals surface area (Å²) in [5, 5.41) is 2.98. The number of para-hydroxylation sites is 1. The van der Waals surface area contributed by atoms with E-state index in [0.717, 1.165) is 18.6 Å². The van der Waals surface area contributed by atoms with Crippen molar-refractivity contribution < 1.29 is 9.53 Å². The first-order valence-corrected chi connectivity index (χ1v) is 6.92. The number of amides is 1. The van der Waals surface area contributed by atoms with Crippen molar-refractivity contribution in [2.75, 3.05) is 13.7 Å². The molecular weight excluding hydrogens is 250 g/mol. The summed E-state index contributed by atoms with van der Waals surface area (Å²) >= 11 is 0. The molecule has 2 rings (SSSR count). The van der Waals surface area contributed by atoms with Crippen LogP contribution in [0, 0.1) is 0 Å². The average molecular weight is 271 g/mol. The van der Waals surface area contributed by atoms with Crippen LogP contribution in [0.4, 0.5) is 0 Å². The lowest BCUT2D eigenvalue weighted by Gasteiger charge is -2.18. The smallest absolute Gasteiger partial charge is 0.244 e. The number of benzene rings is 1. The zero-order valence-corrected chi connectivity index (χ0v) is 12.1. The van der Waals surface area contributed by atoms with Crippen LogP contribution in [0.25, 0.3) is 0 Å². The predicted octanol–water partition coefficient (Wildman–Crippen LogP) is 2.98. The van der Waals surface area contributed by atoms with Gasteiger partial charge in [0, 0.05) is 23.6 Å². The van der Waals surface area contributed by atoms with Crippen molar-refractivity contribution in [3.63, 3.8) is 0 Å². The third-order valence-corrected chi connectivity index (χ3v) is 3.68. The van der Waals surface area contributed by atoms with Crippen LogP contribution in [0.3, 0.4) is 0 Å². The van der Waals surface area contributed by atoms with Gasteiger partial charge in [-0.25, -0.2) is 0 Å². The summed E-state index contributed by atoms with van der Waals surface area (Å²) in [7, 11) is 1.69. The molecular formula is C17H21NO2. The molecule has 0 radical (unpaired) electrons. The van der Waals surface area contributed by atoms with Gasteiger partial charge in [0.2, 0.25) is 5.91 Å². The fourth-order valence-corrected chi connectivity index (χ4v) is 2.34. The van der Waals surface area contributed by atoms with Crippen molar-refractivity contribution in [1.29, 1.82) is 0 Å². The topological polar surface area (TPSA) is 38.3 Å². The Labute approximate surface area is 120 Å². The third kappa shape index (κ3) is 3.29. The summed E-state index contributed by atoms with van der Waals surface area (Å²) in [5.41, 5.74) is 1.25. The fourth-order valence-electron chi connectivity index (χ4n) is 2.34. The summed E-state index contributed by atoms with van der Waals surface area (Å²) in [4.78, 5) is 11.7. The fraction of sp³-hybridized carbons (Fsp3) is 0.353. The van der Waals surface area contributed by atoms with Crippen molar-refractivity contribution in [3.8, 4) is 5.75 Å². The maximum Gasteiger partial charge on any atom is 0.244 e. The van der Waals surface area contributed by atoms with Gasteiger partial charge in [0.25, 0.3) is 0 Å². The van der Waals surface area contributed by atoms with E-state index in [0.29, 0.717) is 6.54 Å². The summed E-state index contributed by atoms with van der Waals surface area (Å²) in [6.45, 7) is 2.58. The SMILES string of the molecule is C/C=C/C=C/C(=O)NCC1(c2ccccc2OC)CC1. The van der Waals surface area contributed by atoms with E-state index in [2.05, 4.69) is 11.4 Å². The number of nitrogens with one attached hydrogen (secondary N) is 1. The monoisotopic (exact) mass is 271 g/mol. The number of methoxy groups -OCH3 is 1. The molecule has 1 aromatic carbocycles. The Kier molecular flexibility index (Phi) is 4.61. The predicted molar refractivity (Wildman–Crippen MR) is 80.9 cm³/mol. The van der Waals surface area contributed by atoms with E-state index in [1.165, 1.54) is 5.56 Å². The van der Waals surface area contributed by atoms with E-state index < -0.39 is 0 Å². The minimum absolute atomic E-state index is 0.0516. The van der Waals surface area contributed by atoms with Gasteiger partial charge in [-0.2, -0.15) is 0 Å². The minimum Gasteiger partial charge on any atom is -0.496 e. The number of rotatable bonds is 6. The highest BCUT2D eigenvalue weighted by Gasteiger charge is 2.46. The van der Waals surface area contributed by atoms with Crippen LogP contribution in [0.2, 0.25) is 0 Å². The number of ether oxygens (including phenoxy) is 1. The minimum atomic E-state index is -0.0516. The van der Waals surface area contributed by atoms with E-state index in [9.17, 15) is 4.79 Å². The molecule has 0 aliphatic heterocycles. The summed E-state index contributed by atoms with van der Waals surface area (Å²) < 4.78 is 5.42. The molecule has 0 heterocycles. The number of carbonyl (C=O) groups is 1. The highest BCUT2D eigenvalue weighted by Crippen LogP contribution is 2.50. The molecule has 106 valence electrons. The van der Waals surface area contributed by atoms with Crippen LogP contribution in [-0.4, -0.2) is 19.6 Å². The molecule has 1 fully saturated rings. The molecule has 1 N–H and O–H groups in total. The van der Waals surface area contributed by atoms with Crippen molar-refractivity contribution in [1.82, 2.24) is 5.32 Å². The molecule has 0 bridgehead atoms. The maximum absolute atomic E-state index is 11.7. The molecule has 1 saturated carbocycles. The molecule has 1 amide bonds. The van der Waals surface area contributed by atoms with Gasteiger partial charge in [0.05, 0.1) is 7.11 Å². The van der Waals surface area contributed by atoms with Crippen molar-refractivity contribution in [3.05, 3.63) is 54.1 Å². The van der Waals surface area contributed by atoms with Gasteiger partial charge in [-0.1, -0.05) is 36.4 Å². The van der Waals surface area contributed by atoms with Gasteiger partial charge >= 0.3 is 0 Å². The van der Waals surface area contributed by atoms with Gasteiger partial charge in [0.1, 0.15) is 5.75 Å². The second-order valence-corrected chi connectivity index (χ2v) is 5.08. The van der Waals surface area contributed by atoms with E-state index in [4.69, 9.17) is 4.74 Å². The molecule has 0 atom stereocenters. The maximum atomic E-state index is 11.7. The Morgan fingerprint density at radius 1 is 1.35 bits per heavy atom. The van der Waals surface area contributed by atoms with Crippen molar-refractivity contribution >= 4 is 5.91 Å². The van der Waals surface area contributed by atoms with Gasteiger partial charge in [-0.05, 0) is 25.8 Å². The molecule has 1 aromatic rings. The van der Waals surface area contributed by atoms with E-state index in [1.807, 2.05) is 37.3 Å². The van der Waals surface area contributed by atoms with Crippen molar-refractivity contribution in [2.24, 2.45) is 0 Å². The van der Waals surface area contributed by atoms with E-state index in [-0.39, 0.29) is 11.3 Å². The average Bonchev–Trinajstić information content (AvgIpc) is 3.26. The molecule has 1 aliphatic rings. The van der Waals surface area contributed by atoms with E-state index >= 15 is 0 Å². The lowest BCUT2D eigenvalue weighted by atomic mass is 9.95. The Balaban J connectivity index is 2.00. The lowest BCUT2D eigenvalue weighted by molar-refractivity contribution is -0.116. The summed E-state index contributed by atoms with van der Waals surface area (Å²) in [6.07, 6.45) is 9.21. The Morgan fingerprint density at radius 2 is 2.10 bits per heavy atom. The summed E-state index contributed by atoms with van der Waals surface area (Å²) in [5.74, 6) is 0.855. The number of hydrogen-bond donors (Lipinski definition) is 1. The second kappa shape index (κ2) is 6.42. The number of hydrogen-bond acceptors (Lipinski definition) is 2. The van der Waals surface area contributed by atoms with Crippen molar-refractivity contribution in [2.45, 2.75) is 25.2 Å². The Hall–Kier alpha value is -2.03. The van der Waals surface area contributed by atoms with Crippen LogP contribution in [-0.2, 0) is 10.2 Å².